The van der Waals surface area contributed by atoms with Crippen molar-refractivity contribution in [3.63, 3.8) is 0 Å². The zero-order valence-corrected chi connectivity index (χ0v) is 18.3. The normalized spacial score (nSPS) is 19.4. The molecule has 1 fully saturated rings. The fourth-order valence-electron chi connectivity index (χ4n) is 4.50. The number of carboxylic acids is 1. The van der Waals surface area contributed by atoms with Crippen molar-refractivity contribution in [3.05, 3.63) is 59.7 Å². The van der Waals surface area contributed by atoms with Crippen molar-refractivity contribution >= 4 is 18.0 Å². The van der Waals surface area contributed by atoms with Crippen LogP contribution in [0, 0.1) is 17.8 Å². The van der Waals surface area contributed by atoms with Crippen molar-refractivity contribution in [1.82, 2.24) is 10.2 Å². The van der Waals surface area contributed by atoms with E-state index in [1.54, 1.807) is 14.0 Å². The van der Waals surface area contributed by atoms with Crippen LogP contribution in [0.3, 0.4) is 0 Å². The van der Waals surface area contributed by atoms with Crippen molar-refractivity contribution in [2.24, 2.45) is 17.8 Å². The first kappa shape index (κ1) is 21.9. The van der Waals surface area contributed by atoms with Gasteiger partial charge in [0.2, 0.25) is 5.91 Å². The molecule has 7 heteroatoms. The molecule has 0 spiro atoms. The summed E-state index contributed by atoms with van der Waals surface area (Å²) in [4.78, 5) is 37.2. The lowest BCUT2D eigenvalue weighted by Crippen LogP contribution is -2.35. The smallest absolute Gasteiger partial charge is 0.407 e. The summed E-state index contributed by atoms with van der Waals surface area (Å²) in [5, 5.41) is 11.8. The fraction of sp³-hybridized carbons (Fsp3) is 0.400. The third-order valence-electron chi connectivity index (χ3n) is 6.44. The van der Waals surface area contributed by atoms with Crippen LogP contribution in [-0.2, 0) is 14.3 Å². The molecular formula is C25H28N2O5. The lowest BCUT2D eigenvalue weighted by atomic mass is 9.98. The molecule has 1 saturated carbocycles. The highest BCUT2D eigenvalue weighted by Crippen LogP contribution is 2.44. The minimum absolute atomic E-state index is 0.00766. The van der Waals surface area contributed by atoms with Gasteiger partial charge in [-0.25, -0.2) is 4.79 Å². The molecular weight excluding hydrogens is 408 g/mol. The predicted octanol–water partition coefficient (Wildman–Crippen LogP) is 3.34. The first-order valence-electron chi connectivity index (χ1n) is 10.9. The number of amides is 2. The third kappa shape index (κ3) is 4.47. The van der Waals surface area contributed by atoms with E-state index < -0.39 is 18.0 Å². The second-order valence-electron chi connectivity index (χ2n) is 8.77. The van der Waals surface area contributed by atoms with Crippen LogP contribution >= 0.6 is 0 Å². The fourth-order valence-corrected chi connectivity index (χ4v) is 4.50. The summed E-state index contributed by atoms with van der Waals surface area (Å²) < 4.78 is 5.53. The summed E-state index contributed by atoms with van der Waals surface area (Å²) in [6, 6.07) is 16.3. The van der Waals surface area contributed by atoms with Crippen molar-refractivity contribution in [2.75, 3.05) is 26.7 Å². The highest BCUT2D eigenvalue weighted by molar-refractivity contribution is 5.82. The van der Waals surface area contributed by atoms with Gasteiger partial charge in [0.1, 0.15) is 6.61 Å². The van der Waals surface area contributed by atoms with E-state index in [9.17, 15) is 14.4 Å². The number of carbonyl (C=O) groups excluding carboxylic acids is 2. The number of fused-ring (bicyclic) bond motifs is 3. The van der Waals surface area contributed by atoms with Crippen LogP contribution in [0.5, 0.6) is 0 Å². The van der Waals surface area contributed by atoms with Gasteiger partial charge in [0.05, 0.1) is 5.92 Å². The summed E-state index contributed by atoms with van der Waals surface area (Å²) in [6.07, 6.45) is 0.201. The molecule has 2 N–H and O–H groups in total. The van der Waals surface area contributed by atoms with Gasteiger partial charge in [0.15, 0.2) is 0 Å². The predicted molar refractivity (Wildman–Crippen MR) is 119 cm³/mol. The molecule has 2 amide bonds. The minimum Gasteiger partial charge on any atom is -0.481 e. The summed E-state index contributed by atoms with van der Waals surface area (Å²) >= 11 is 0. The monoisotopic (exact) mass is 436 g/mol. The molecule has 168 valence electrons. The summed E-state index contributed by atoms with van der Waals surface area (Å²) in [5.41, 5.74) is 4.68. The number of nitrogens with zero attached hydrogens (tertiary/aromatic N) is 1. The second kappa shape index (κ2) is 9.02. The molecule has 0 aromatic heterocycles. The number of benzene rings is 2. The number of hydrogen-bond donors (Lipinski definition) is 2. The maximum absolute atomic E-state index is 12.4. The molecule has 0 radical (unpaired) electrons. The van der Waals surface area contributed by atoms with Crippen LogP contribution < -0.4 is 5.32 Å². The molecule has 7 nitrogen and oxygen atoms in total. The maximum Gasteiger partial charge on any atom is 0.407 e. The van der Waals surface area contributed by atoms with Crippen LogP contribution in [0.25, 0.3) is 11.1 Å². The van der Waals surface area contributed by atoms with E-state index in [0.717, 1.165) is 11.1 Å². The average molecular weight is 437 g/mol. The first-order chi connectivity index (χ1) is 15.4. The van der Waals surface area contributed by atoms with Gasteiger partial charge >= 0.3 is 12.1 Å². The van der Waals surface area contributed by atoms with Gasteiger partial charge in [0.25, 0.3) is 0 Å². The van der Waals surface area contributed by atoms with E-state index in [1.165, 1.54) is 16.0 Å². The SMILES string of the molecule is CC(CN(C)C(=O)[C@@H]1C[C@@H]1CNC(=O)OCC1c2ccccc2-c2ccccc21)C(=O)O. The van der Waals surface area contributed by atoms with Gasteiger partial charge in [-0.2, -0.15) is 0 Å². The van der Waals surface area contributed by atoms with Crippen molar-refractivity contribution in [1.29, 1.82) is 0 Å². The molecule has 3 atom stereocenters. The number of rotatable bonds is 8. The number of carbonyl (C=O) groups is 3. The van der Waals surface area contributed by atoms with Gasteiger partial charge < -0.3 is 20.1 Å². The molecule has 4 rings (SSSR count). The Balaban J connectivity index is 1.25. The van der Waals surface area contributed by atoms with Crippen molar-refractivity contribution in [2.45, 2.75) is 19.3 Å². The molecule has 2 aromatic carbocycles. The average Bonchev–Trinajstić information content (AvgIpc) is 3.50. The van der Waals surface area contributed by atoms with E-state index >= 15 is 0 Å². The molecule has 2 aromatic rings. The molecule has 0 saturated heterocycles. The Morgan fingerprint density at radius 1 is 1.09 bits per heavy atom. The van der Waals surface area contributed by atoms with Crippen LogP contribution in [0.4, 0.5) is 4.79 Å². The molecule has 0 bridgehead atoms. The summed E-state index contributed by atoms with van der Waals surface area (Å²) in [5.74, 6) is -1.71. The van der Waals surface area contributed by atoms with E-state index in [-0.39, 0.29) is 36.8 Å². The highest BCUT2D eigenvalue weighted by Gasteiger charge is 2.44. The van der Waals surface area contributed by atoms with Gasteiger partial charge in [-0.3, -0.25) is 9.59 Å². The second-order valence-corrected chi connectivity index (χ2v) is 8.77. The third-order valence-corrected chi connectivity index (χ3v) is 6.44. The summed E-state index contributed by atoms with van der Waals surface area (Å²) in [6.45, 7) is 2.38. The van der Waals surface area contributed by atoms with Gasteiger partial charge in [-0.1, -0.05) is 55.5 Å². The van der Waals surface area contributed by atoms with Crippen LogP contribution in [0.2, 0.25) is 0 Å². The quantitative estimate of drug-likeness (QED) is 0.662. The number of nitrogens with one attached hydrogen (secondary N) is 1. The van der Waals surface area contributed by atoms with Gasteiger partial charge in [-0.15, -0.1) is 0 Å². The Hall–Kier alpha value is -3.35. The van der Waals surface area contributed by atoms with E-state index in [0.29, 0.717) is 13.0 Å². The Morgan fingerprint density at radius 2 is 1.69 bits per heavy atom. The summed E-state index contributed by atoms with van der Waals surface area (Å²) in [7, 11) is 1.62. The van der Waals surface area contributed by atoms with Crippen LogP contribution in [0.1, 0.15) is 30.4 Å². The van der Waals surface area contributed by atoms with Gasteiger partial charge in [0, 0.05) is 32.0 Å². The molecule has 0 aliphatic heterocycles. The lowest BCUT2D eigenvalue weighted by molar-refractivity contribution is -0.142. The molecule has 1 unspecified atom stereocenters. The standard InChI is InChI=1S/C25H28N2O5/c1-15(24(29)30)13-27(2)23(28)21-11-16(21)12-26-25(31)32-14-22-19-9-5-3-7-17(19)18-8-4-6-10-20(18)22/h3-10,15-16,21-22H,11-14H2,1-2H3,(H,26,31)(H,29,30)/t15?,16-,21-/m1/s1. The van der Waals surface area contributed by atoms with Crippen molar-refractivity contribution in [3.8, 4) is 11.1 Å². The first-order valence-corrected chi connectivity index (χ1v) is 10.9. The molecule has 0 heterocycles. The maximum atomic E-state index is 12.4. The van der Waals surface area contributed by atoms with Crippen molar-refractivity contribution < 1.29 is 24.2 Å². The molecule has 2 aliphatic rings. The number of hydrogen-bond acceptors (Lipinski definition) is 4. The zero-order valence-electron chi connectivity index (χ0n) is 18.3. The van der Waals surface area contributed by atoms with Crippen LogP contribution in [0.15, 0.2) is 48.5 Å². The molecule has 2 aliphatic carbocycles. The number of ether oxygens (including phenoxy) is 1. The minimum atomic E-state index is -0.922. The number of aliphatic carboxylic acids is 1. The van der Waals surface area contributed by atoms with E-state index in [2.05, 4.69) is 29.6 Å². The van der Waals surface area contributed by atoms with E-state index in [1.807, 2.05) is 24.3 Å². The lowest BCUT2D eigenvalue weighted by Gasteiger charge is -2.19. The van der Waals surface area contributed by atoms with Gasteiger partial charge in [-0.05, 0) is 34.6 Å². The van der Waals surface area contributed by atoms with Crippen LogP contribution in [-0.4, -0.2) is 54.7 Å². The Morgan fingerprint density at radius 3 is 2.28 bits per heavy atom. The number of carboxylic acid groups (broad SMARTS) is 1. The Bertz CT molecular complexity index is 991. The molecule has 32 heavy (non-hydrogen) atoms. The number of alkyl carbamates (subject to hydrolysis) is 1. The highest BCUT2D eigenvalue weighted by atomic mass is 16.5. The Labute approximate surface area is 187 Å². The largest absolute Gasteiger partial charge is 0.481 e. The topological polar surface area (TPSA) is 95.9 Å². The van der Waals surface area contributed by atoms with E-state index in [4.69, 9.17) is 9.84 Å². The zero-order chi connectivity index (χ0) is 22.8. The Kier molecular flexibility index (Phi) is 6.17.